The van der Waals surface area contributed by atoms with Crippen molar-refractivity contribution in [3.8, 4) is 0 Å². The van der Waals surface area contributed by atoms with E-state index in [9.17, 15) is 14.0 Å². The summed E-state index contributed by atoms with van der Waals surface area (Å²) in [4.78, 5) is 28.8. The first-order valence-electron chi connectivity index (χ1n) is 8.40. The predicted molar refractivity (Wildman–Crippen MR) is 82.8 cm³/mol. The van der Waals surface area contributed by atoms with Crippen molar-refractivity contribution < 1.29 is 14.0 Å². The van der Waals surface area contributed by atoms with Crippen LogP contribution in [-0.4, -0.2) is 41.2 Å². The minimum Gasteiger partial charge on any atom is -0.341 e. The maximum absolute atomic E-state index is 13.3. The molecule has 1 aromatic rings. The van der Waals surface area contributed by atoms with Crippen LogP contribution in [0, 0.1) is 17.2 Å². The van der Waals surface area contributed by atoms with Crippen LogP contribution in [0.4, 0.5) is 4.39 Å². The number of likely N-dealkylation sites (tertiary alicyclic amines) is 2. The van der Waals surface area contributed by atoms with E-state index in [-0.39, 0.29) is 23.5 Å². The van der Waals surface area contributed by atoms with E-state index in [2.05, 4.69) is 0 Å². The van der Waals surface area contributed by atoms with Crippen LogP contribution >= 0.6 is 0 Å². The summed E-state index contributed by atoms with van der Waals surface area (Å²) in [5, 5.41) is 0. The van der Waals surface area contributed by atoms with Gasteiger partial charge in [0.2, 0.25) is 11.8 Å². The van der Waals surface area contributed by atoms with Gasteiger partial charge in [0.1, 0.15) is 5.82 Å². The largest absolute Gasteiger partial charge is 0.341 e. The van der Waals surface area contributed by atoms with Crippen LogP contribution in [0.15, 0.2) is 24.3 Å². The summed E-state index contributed by atoms with van der Waals surface area (Å²) in [7, 11) is 0. The van der Waals surface area contributed by atoms with Crippen molar-refractivity contribution in [1.29, 1.82) is 0 Å². The molecule has 1 spiro atoms. The molecule has 2 saturated heterocycles. The molecule has 3 aliphatic rings. The summed E-state index contributed by atoms with van der Waals surface area (Å²) >= 11 is 0. The van der Waals surface area contributed by atoms with Crippen LogP contribution in [0.5, 0.6) is 0 Å². The molecule has 1 saturated carbocycles. The minimum atomic E-state index is -0.391. The van der Waals surface area contributed by atoms with E-state index in [1.165, 1.54) is 12.1 Å². The van der Waals surface area contributed by atoms with E-state index in [1.54, 1.807) is 6.07 Å². The van der Waals surface area contributed by atoms with Gasteiger partial charge in [-0.25, -0.2) is 4.39 Å². The number of halogens is 1. The van der Waals surface area contributed by atoms with Crippen LogP contribution < -0.4 is 0 Å². The van der Waals surface area contributed by atoms with Crippen molar-refractivity contribution in [2.24, 2.45) is 11.3 Å². The topological polar surface area (TPSA) is 40.6 Å². The Hall–Kier alpha value is -1.91. The second-order valence-corrected chi connectivity index (χ2v) is 7.17. The van der Waals surface area contributed by atoms with Gasteiger partial charge in [-0.1, -0.05) is 12.1 Å². The molecule has 0 radical (unpaired) electrons. The molecule has 2 aliphatic heterocycles. The third-order valence-corrected chi connectivity index (χ3v) is 5.46. The van der Waals surface area contributed by atoms with Crippen molar-refractivity contribution in [2.75, 3.05) is 19.6 Å². The molecule has 0 aromatic heterocycles. The first-order chi connectivity index (χ1) is 11.1. The van der Waals surface area contributed by atoms with Crippen molar-refractivity contribution in [3.63, 3.8) is 0 Å². The maximum atomic E-state index is 13.3. The molecule has 0 bridgehead atoms. The zero-order chi connectivity index (χ0) is 16.0. The van der Waals surface area contributed by atoms with Gasteiger partial charge in [0.15, 0.2) is 0 Å². The Kier molecular flexibility index (Phi) is 3.39. The van der Waals surface area contributed by atoms with Gasteiger partial charge in [-0.15, -0.1) is 0 Å². The molecule has 0 unspecified atom stereocenters. The van der Waals surface area contributed by atoms with Crippen LogP contribution in [0.2, 0.25) is 0 Å². The predicted octanol–water partition coefficient (Wildman–Crippen LogP) is 2.19. The van der Waals surface area contributed by atoms with Gasteiger partial charge in [-0.2, -0.15) is 0 Å². The quantitative estimate of drug-likeness (QED) is 0.857. The molecule has 1 aliphatic carbocycles. The molecule has 122 valence electrons. The number of rotatable bonds is 3. The summed E-state index contributed by atoms with van der Waals surface area (Å²) in [6.45, 7) is 2.42. The third-order valence-electron chi connectivity index (χ3n) is 5.46. The maximum Gasteiger partial charge on any atom is 0.231 e. The fraction of sp³-hybridized carbons (Fsp3) is 0.556. The normalized spacial score (nSPS) is 27.3. The molecule has 2 amide bonds. The average Bonchev–Trinajstić information content (AvgIpc) is 3.24. The summed E-state index contributed by atoms with van der Waals surface area (Å²) in [6.07, 6.45) is 3.57. The fourth-order valence-electron chi connectivity index (χ4n) is 3.93. The van der Waals surface area contributed by atoms with Gasteiger partial charge >= 0.3 is 0 Å². The molecule has 5 heteroatoms. The molecular formula is C18H21FN2O2. The Bertz CT molecular complexity index is 658. The third kappa shape index (κ3) is 2.62. The summed E-state index contributed by atoms with van der Waals surface area (Å²) in [5.74, 6) is 0.307. The molecule has 4 nitrogen and oxygen atoms in total. The first kappa shape index (κ1) is 14.7. The molecule has 23 heavy (non-hydrogen) atoms. The van der Waals surface area contributed by atoms with Gasteiger partial charge in [0, 0.05) is 32.1 Å². The zero-order valence-electron chi connectivity index (χ0n) is 13.1. The summed E-state index contributed by atoms with van der Waals surface area (Å²) < 4.78 is 13.3. The van der Waals surface area contributed by atoms with E-state index in [0.717, 1.165) is 31.2 Å². The van der Waals surface area contributed by atoms with Crippen LogP contribution in [0.3, 0.4) is 0 Å². The lowest BCUT2D eigenvalue weighted by Crippen LogP contribution is -2.38. The monoisotopic (exact) mass is 316 g/mol. The van der Waals surface area contributed by atoms with Crippen LogP contribution in [-0.2, 0) is 16.1 Å². The lowest BCUT2D eigenvalue weighted by molar-refractivity contribution is -0.137. The molecule has 2 heterocycles. The smallest absolute Gasteiger partial charge is 0.231 e. The Labute approximate surface area is 135 Å². The zero-order valence-corrected chi connectivity index (χ0v) is 13.1. The van der Waals surface area contributed by atoms with Crippen LogP contribution in [0.1, 0.15) is 31.2 Å². The van der Waals surface area contributed by atoms with Gasteiger partial charge in [0.25, 0.3) is 0 Å². The lowest BCUT2D eigenvalue weighted by Gasteiger charge is -2.24. The number of hydrogen-bond acceptors (Lipinski definition) is 2. The van der Waals surface area contributed by atoms with Crippen molar-refractivity contribution in [2.45, 2.75) is 32.2 Å². The molecular weight excluding hydrogens is 295 g/mol. The molecule has 1 aromatic carbocycles. The van der Waals surface area contributed by atoms with E-state index in [4.69, 9.17) is 0 Å². The molecule has 1 atom stereocenters. The number of nitrogens with zero attached hydrogens (tertiary/aromatic N) is 2. The highest BCUT2D eigenvalue weighted by Crippen LogP contribution is 2.43. The van der Waals surface area contributed by atoms with Crippen molar-refractivity contribution >= 4 is 11.8 Å². The van der Waals surface area contributed by atoms with E-state index in [0.29, 0.717) is 26.2 Å². The minimum absolute atomic E-state index is 0.132. The van der Waals surface area contributed by atoms with Crippen molar-refractivity contribution in [3.05, 3.63) is 35.6 Å². The van der Waals surface area contributed by atoms with Gasteiger partial charge in [-0.05, 0) is 43.4 Å². The van der Waals surface area contributed by atoms with Gasteiger partial charge in [-0.3, -0.25) is 9.59 Å². The van der Waals surface area contributed by atoms with E-state index >= 15 is 0 Å². The Balaban J connectivity index is 1.44. The van der Waals surface area contributed by atoms with Gasteiger partial charge < -0.3 is 9.80 Å². The highest BCUT2D eigenvalue weighted by molar-refractivity contribution is 5.88. The number of hydrogen-bond donors (Lipinski definition) is 0. The lowest BCUT2D eigenvalue weighted by atomic mass is 9.85. The number of amides is 2. The standard InChI is InChI=1S/C18H21FN2O2/c19-15-3-1-2-13(10-15)11-20-8-6-18(17(20)23)7-9-21(12-18)16(22)14-4-5-14/h1-3,10,14H,4-9,11-12H2/t18-/m1/s1. The second-order valence-electron chi connectivity index (χ2n) is 7.17. The second kappa shape index (κ2) is 5.32. The van der Waals surface area contributed by atoms with Crippen LogP contribution in [0.25, 0.3) is 0 Å². The molecule has 3 fully saturated rings. The number of carbonyl (C=O) groups is 2. The highest BCUT2D eigenvalue weighted by Gasteiger charge is 2.52. The SMILES string of the molecule is O=C(C1CC1)N1CC[C@]2(CCN(Cc3cccc(F)c3)C2=O)C1. The summed E-state index contributed by atoms with van der Waals surface area (Å²) in [6, 6.07) is 6.41. The fourth-order valence-corrected chi connectivity index (χ4v) is 3.93. The van der Waals surface area contributed by atoms with E-state index < -0.39 is 5.41 Å². The van der Waals surface area contributed by atoms with E-state index in [1.807, 2.05) is 15.9 Å². The Morgan fingerprint density at radius 3 is 2.78 bits per heavy atom. The first-order valence-corrected chi connectivity index (χ1v) is 8.40. The number of benzene rings is 1. The molecule has 4 rings (SSSR count). The molecule has 0 N–H and O–H groups in total. The Morgan fingerprint density at radius 1 is 1.26 bits per heavy atom. The average molecular weight is 316 g/mol. The number of carbonyl (C=O) groups excluding carboxylic acids is 2. The highest BCUT2D eigenvalue weighted by atomic mass is 19.1. The summed E-state index contributed by atoms with van der Waals surface area (Å²) in [5.41, 5.74) is 0.428. The Morgan fingerprint density at radius 2 is 2.04 bits per heavy atom. The van der Waals surface area contributed by atoms with Gasteiger partial charge in [0.05, 0.1) is 5.41 Å². The van der Waals surface area contributed by atoms with Crippen molar-refractivity contribution in [1.82, 2.24) is 9.80 Å².